The minimum absolute atomic E-state index is 0.134. The van der Waals surface area contributed by atoms with E-state index in [0.29, 0.717) is 34.5 Å². The number of nitrogens with zero attached hydrogens (tertiary/aromatic N) is 3. The van der Waals surface area contributed by atoms with Crippen molar-refractivity contribution in [3.8, 4) is 5.75 Å². The fourth-order valence-electron chi connectivity index (χ4n) is 2.82. The van der Waals surface area contributed by atoms with Crippen molar-refractivity contribution in [2.45, 2.75) is 17.8 Å². The van der Waals surface area contributed by atoms with Crippen molar-refractivity contribution >= 4 is 49.8 Å². The lowest BCUT2D eigenvalue weighted by atomic mass is 10.1. The molecule has 0 saturated carbocycles. The molecule has 2 aromatic carbocycles. The van der Waals surface area contributed by atoms with Crippen LogP contribution in [-0.2, 0) is 16.6 Å². The van der Waals surface area contributed by atoms with Gasteiger partial charge in [0.1, 0.15) is 5.75 Å². The van der Waals surface area contributed by atoms with Gasteiger partial charge in [-0.3, -0.25) is 14.4 Å². The summed E-state index contributed by atoms with van der Waals surface area (Å²) in [5.41, 5.74) is 1.70. The molecule has 8 nitrogen and oxygen atoms in total. The van der Waals surface area contributed by atoms with Gasteiger partial charge < -0.3 is 4.74 Å². The average Bonchev–Trinajstić information content (AvgIpc) is 3.23. The molecule has 0 radical (unpaired) electrons. The molecular weight excluding hydrogens is 480 g/mol. The van der Waals surface area contributed by atoms with E-state index < -0.39 is 10.0 Å². The van der Waals surface area contributed by atoms with Crippen LogP contribution in [0.2, 0.25) is 0 Å². The fraction of sp³-hybridized carbons (Fsp3) is 0.227. The van der Waals surface area contributed by atoms with E-state index in [0.717, 1.165) is 16.2 Å². The van der Waals surface area contributed by atoms with Crippen molar-refractivity contribution < 1.29 is 17.9 Å². The number of thioether (sulfide) groups is 1. The maximum Gasteiger partial charge on any atom is 0.257 e. The lowest BCUT2D eigenvalue weighted by Crippen LogP contribution is -2.29. The Kier molecular flexibility index (Phi) is 8.48. The van der Waals surface area contributed by atoms with Gasteiger partial charge in [0, 0.05) is 11.3 Å². The number of benzene rings is 2. The van der Waals surface area contributed by atoms with Crippen molar-refractivity contribution in [3.63, 3.8) is 0 Å². The molecule has 0 aliphatic rings. The van der Waals surface area contributed by atoms with Gasteiger partial charge in [0.25, 0.3) is 5.91 Å². The maximum absolute atomic E-state index is 12.5. The van der Waals surface area contributed by atoms with Crippen molar-refractivity contribution in [2.24, 2.45) is 0 Å². The van der Waals surface area contributed by atoms with E-state index in [1.165, 1.54) is 27.4 Å². The highest BCUT2D eigenvalue weighted by atomic mass is 32.2. The molecule has 1 aromatic heterocycles. The highest BCUT2D eigenvalue weighted by Crippen LogP contribution is 2.26. The van der Waals surface area contributed by atoms with Crippen LogP contribution < -0.4 is 14.4 Å². The van der Waals surface area contributed by atoms with Gasteiger partial charge in [0.15, 0.2) is 4.34 Å². The first kappa shape index (κ1) is 24.7. The number of nitrogens with one attached hydrogen (secondary N) is 1. The zero-order valence-corrected chi connectivity index (χ0v) is 20.7. The number of carbonyl (C=O) groups is 1. The summed E-state index contributed by atoms with van der Waals surface area (Å²) >= 11 is 2.78. The molecule has 3 rings (SSSR count). The van der Waals surface area contributed by atoms with Gasteiger partial charge in [-0.15, -0.1) is 16.8 Å². The summed E-state index contributed by atoms with van der Waals surface area (Å²) in [5, 5.41) is 11.1. The Hall–Kier alpha value is -2.89. The summed E-state index contributed by atoms with van der Waals surface area (Å²) in [6, 6.07) is 13.6. The van der Waals surface area contributed by atoms with Gasteiger partial charge in [-0.2, -0.15) is 0 Å². The van der Waals surface area contributed by atoms with Crippen LogP contribution >= 0.6 is 23.1 Å². The van der Waals surface area contributed by atoms with Crippen LogP contribution in [-0.4, -0.2) is 43.1 Å². The molecule has 1 heterocycles. The average molecular weight is 505 g/mol. The second kappa shape index (κ2) is 11.3. The van der Waals surface area contributed by atoms with E-state index in [4.69, 9.17) is 4.74 Å². The Balaban J connectivity index is 1.69. The van der Waals surface area contributed by atoms with Gasteiger partial charge in [-0.1, -0.05) is 41.3 Å². The molecule has 0 fully saturated rings. The zero-order chi connectivity index (χ0) is 23.8. The van der Waals surface area contributed by atoms with E-state index in [1.807, 2.05) is 6.92 Å². The van der Waals surface area contributed by atoms with E-state index >= 15 is 0 Å². The molecule has 3 aromatic rings. The summed E-state index contributed by atoms with van der Waals surface area (Å²) in [6.07, 6.45) is 2.93. The lowest BCUT2D eigenvalue weighted by molar-refractivity contribution is 0.102. The van der Waals surface area contributed by atoms with E-state index in [9.17, 15) is 13.2 Å². The summed E-state index contributed by atoms with van der Waals surface area (Å²) in [4.78, 5) is 12.5. The molecule has 11 heteroatoms. The molecule has 0 atom stereocenters. The highest BCUT2D eigenvalue weighted by molar-refractivity contribution is 8.01. The molecule has 0 saturated heterocycles. The summed E-state index contributed by atoms with van der Waals surface area (Å²) < 4.78 is 32.3. The quantitative estimate of drug-likeness (QED) is 0.234. The number of sulfonamides is 1. The Morgan fingerprint density at radius 3 is 2.48 bits per heavy atom. The highest BCUT2D eigenvalue weighted by Gasteiger charge is 2.18. The smallest absolute Gasteiger partial charge is 0.257 e. The first-order valence-corrected chi connectivity index (χ1v) is 13.6. The van der Waals surface area contributed by atoms with Crippen molar-refractivity contribution in [2.75, 3.05) is 28.2 Å². The minimum atomic E-state index is -3.52. The normalized spacial score (nSPS) is 11.1. The first-order valence-electron chi connectivity index (χ1n) is 9.98. The molecule has 0 aliphatic heterocycles. The third-order valence-corrected chi connectivity index (χ3v) is 7.44. The minimum Gasteiger partial charge on any atom is -0.494 e. The van der Waals surface area contributed by atoms with E-state index in [1.54, 1.807) is 54.6 Å². The molecule has 1 amide bonds. The van der Waals surface area contributed by atoms with Crippen LogP contribution in [0.25, 0.3) is 0 Å². The topological polar surface area (TPSA) is 101 Å². The van der Waals surface area contributed by atoms with Crippen molar-refractivity contribution in [3.05, 3.63) is 72.3 Å². The van der Waals surface area contributed by atoms with Gasteiger partial charge >= 0.3 is 0 Å². The summed E-state index contributed by atoms with van der Waals surface area (Å²) in [6.45, 7) is 6.21. The molecule has 174 valence electrons. The molecule has 0 aliphatic carbocycles. The number of aromatic nitrogens is 2. The van der Waals surface area contributed by atoms with Crippen LogP contribution in [0.4, 0.5) is 10.8 Å². The number of anilines is 2. The molecule has 33 heavy (non-hydrogen) atoms. The predicted molar refractivity (Wildman–Crippen MR) is 134 cm³/mol. The van der Waals surface area contributed by atoms with Crippen molar-refractivity contribution in [1.29, 1.82) is 0 Å². The third kappa shape index (κ3) is 7.04. The monoisotopic (exact) mass is 504 g/mol. The maximum atomic E-state index is 12.5. The van der Waals surface area contributed by atoms with Crippen molar-refractivity contribution in [1.82, 2.24) is 10.2 Å². The molecule has 0 unspecified atom stereocenters. The van der Waals surface area contributed by atoms with Gasteiger partial charge in [0.05, 0.1) is 25.1 Å². The van der Waals surface area contributed by atoms with Crippen LogP contribution in [0, 0.1) is 0 Å². The summed E-state index contributed by atoms with van der Waals surface area (Å²) in [7, 11) is -3.52. The van der Waals surface area contributed by atoms with Crippen LogP contribution in [0.15, 0.2) is 65.5 Å². The number of carbonyl (C=O) groups excluding carboxylic acids is 1. The fourth-order valence-corrected chi connectivity index (χ4v) is 5.22. The number of hydrogen-bond acceptors (Lipinski definition) is 8. The zero-order valence-electron chi connectivity index (χ0n) is 18.2. The largest absolute Gasteiger partial charge is 0.494 e. The SMILES string of the molecule is C=CCSc1nnc(NC(=O)c2ccc(CN(c3ccc(OCC)cc3)S(C)(=O)=O)cc2)s1. The standard InChI is InChI=1S/C22H24N4O4S3/c1-4-14-31-22-25-24-21(32-22)23-20(27)17-8-6-16(7-9-17)15-26(33(3,28)29)18-10-12-19(13-11-18)30-5-2/h4,6-13H,1,5,14-15H2,2-3H3,(H,23,24,27). The van der Waals surface area contributed by atoms with Crippen LogP contribution in [0.5, 0.6) is 5.75 Å². The second-order valence-corrected chi connectivity index (χ2v) is 11.0. The number of amides is 1. The number of rotatable bonds is 11. The lowest BCUT2D eigenvalue weighted by Gasteiger charge is -2.23. The van der Waals surface area contributed by atoms with Crippen LogP contribution in [0.3, 0.4) is 0 Å². The van der Waals surface area contributed by atoms with Crippen LogP contribution in [0.1, 0.15) is 22.8 Å². The number of hydrogen-bond donors (Lipinski definition) is 1. The molecule has 1 N–H and O–H groups in total. The van der Waals surface area contributed by atoms with Gasteiger partial charge in [-0.05, 0) is 48.9 Å². The summed E-state index contributed by atoms with van der Waals surface area (Å²) in [5.74, 6) is 1.07. The molecule has 0 spiro atoms. The Morgan fingerprint density at radius 1 is 1.18 bits per heavy atom. The van der Waals surface area contributed by atoms with E-state index in [2.05, 4.69) is 22.1 Å². The Bertz CT molecular complexity index is 1190. The first-order chi connectivity index (χ1) is 15.8. The molecule has 0 bridgehead atoms. The number of ether oxygens (including phenoxy) is 1. The van der Waals surface area contributed by atoms with Gasteiger partial charge in [0.2, 0.25) is 15.2 Å². The second-order valence-electron chi connectivity index (χ2n) is 6.82. The Morgan fingerprint density at radius 2 is 1.88 bits per heavy atom. The van der Waals surface area contributed by atoms with E-state index in [-0.39, 0.29) is 12.5 Å². The predicted octanol–water partition coefficient (Wildman–Crippen LogP) is 4.43. The molecular formula is C22H24N4O4S3. The van der Waals surface area contributed by atoms with Gasteiger partial charge in [-0.25, -0.2) is 8.42 Å². The Labute approximate surface area is 201 Å². The third-order valence-electron chi connectivity index (χ3n) is 4.33.